The van der Waals surface area contributed by atoms with Crippen LogP contribution >= 0.6 is 21.3 Å². The lowest BCUT2D eigenvalue weighted by Crippen LogP contribution is -2.44. The summed E-state index contributed by atoms with van der Waals surface area (Å²) >= 11 is 0. The summed E-state index contributed by atoms with van der Waals surface area (Å²) in [5.41, 5.74) is -1.08. The van der Waals surface area contributed by atoms with Crippen molar-refractivity contribution < 1.29 is 14.9 Å². The molecule has 1 rings (SSSR count). The van der Waals surface area contributed by atoms with E-state index >= 15 is 0 Å². The Morgan fingerprint density at radius 3 is 2.00 bits per heavy atom. The lowest BCUT2D eigenvalue weighted by Gasteiger charge is -2.37. The standard InChI is InChI=1S/C21H46BO3P3/c1-10-27(8,11-2)13-14-28(9,12-3)16-26(7)20(4,5)25-17-15-18(22)21(6,24)19(17)23/h17-19,23-24,26H,7-16,22H2,1-6H3/t17-,18+,19+,21-,28?/m0/s1. The van der Waals surface area contributed by atoms with E-state index < -0.39 is 33.0 Å². The average Bonchev–Trinajstić information content (AvgIpc) is 2.82. The molecule has 0 bridgehead atoms. The second-order valence-electron chi connectivity index (χ2n) is 9.81. The van der Waals surface area contributed by atoms with Crippen molar-refractivity contribution in [2.45, 2.75) is 76.9 Å². The van der Waals surface area contributed by atoms with Crippen LogP contribution < -0.4 is 0 Å². The zero-order valence-electron chi connectivity index (χ0n) is 19.5. The fraction of sp³-hybridized carbons (Fsp3) is 0.857. The van der Waals surface area contributed by atoms with E-state index in [1.807, 2.05) is 7.85 Å². The molecule has 0 amide bonds. The number of hydrogen-bond acceptors (Lipinski definition) is 3. The van der Waals surface area contributed by atoms with Crippen molar-refractivity contribution in [3.8, 4) is 0 Å². The van der Waals surface area contributed by atoms with Crippen LogP contribution in [0, 0.1) is 0 Å². The van der Waals surface area contributed by atoms with E-state index in [0.29, 0.717) is 6.42 Å². The normalized spacial score (nSPS) is 32.2. The summed E-state index contributed by atoms with van der Waals surface area (Å²) in [5, 5.41) is 20.7. The zero-order chi connectivity index (χ0) is 22.0. The third-order valence-electron chi connectivity index (χ3n) is 7.42. The molecule has 166 valence electrons. The Morgan fingerprint density at radius 1 is 1.14 bits per heavy atom. The van der Waals surface area contributed by atoms with Crippen LogP contribution in [-0.4, -0.2) is 96.8 Å². The lowest BCUT2D eigenvalue weighted by molar-refractivity contribution is -0.116. The lowest BCUT2D eigenvalue weighted by atomic mass is 9.76. The van der Waals surface area contributed by atoms with Crippen molar-refractivity contribution in [2.75, 3.05) is 36.7 Å². The number of hydrogen-bond donors (Lipinski definition) is 2. The van der Waals surface area contributed by atoms with E-state index in [9.17, 15) is 10.2 Å². The molecule has 0 spiro atoms. The second-order valence-corrected chi connectivity index (χ2v) is 21.6. The van der Waals surface area contributed by atoms with Gasteiger partial charge in [0, 0.05) is 0 Å². The van der Waals surface area contributed by atoms with E-state index in [1.54, 1.807) is 6.92 Å². The zero-order valence-corrected chi connectivity index (χ0v) is 22.3. The van der Waals surface area contributed by atoms with Gasteiger partial charge in [0.05, 0.1) is 17.0 Å². The van der Waals surface area contributed by atoms with Crippen molar-refractivity contribution in [1.82, 2.24) is 0 Å². The monoisotopic (exact) mass is 450 g/mol. The topological polar surface area (TPSA) is 49.7 Å². The molecule has 0 aromatic carbocycles. The summed E-state index contributed by atoms with van der Waals surface area (Å²) in [6.07, 6.45) is 19.5. The molecule has 7 heteroatoms. The molecular weight excluding hydrogens is 404 g/mol. The summed E-state index contributed by atoms with van der Waals surface area (Å²) in [4.78, 5) is 0. The molecule has 2 unspecified atom stereocenters. The van der Waals surface area contributed by atoms with Crippen molar-refractivity contribution in [3.05, 3.63) is 0 Å². The highest BCUT2D eigenvalue weighted by Gasteiger charge is 2.50. The Morgan fingerprint density at radius 2 is 1.61 bits per heavy atom. The third-order valence-corrected chi connectivity index (χ3v) is 20.2. The van der Waals surface area contributed by atoms with Gasteiger partial charge in [0.25, 0.3) is 0 Å². The summed E-state index contributed by atoms with van der Waals surface area (Å²) in [5.74, 6) is 1.12. The van der Waals surface area contributed by atoms with Gasteiger partial charge in [-0.25, -0.2) is 0 Å². The predicted molar refractivity (Wildman–Crippen MR) is 142 cm³/mol. The van der Waals surface area contributed by atoms with Gasteiger partial charge >= 0.3 is 0 Å². The molecule has 6 atom stereocenters. The molecule has 3 nitrogen and oxygen atoms in total. The van der Waals surface area contributed by atoms with Crippen LogP contribution in [0.4, 0.5) is 0 Å². The maximum Gasteiger partial charge on any atom is 0.109 e. The van der Waals surface area contributed by atoms with Gasteiger partial charge in [0.2, 0.25) is 0 Å². The van der Waals surface area contributed by atoms with Gasteiger partial charge in [-0.15, -0.1) is 32.7 Å². The first kappa shape index (κ1) is 26.9. The molecule has 1 saturated carbocycles. The summed E-state index contributed by atoms with van der Waals surface area (Å²) < 4.78 is 6.41. The molecule has 1 aliphatic rings. The summed E-state index contributed by atoms with van der Waals surface area (Å²) in [6.45, 7) is 10.5. The SMILES string of the molecule is B[C@@H]1C[C@H](OC(C)(C)[PH](=C)CP(=C)(CC)CCP(=C)(CC)CC)[C@@H](O)[C@@]1(C)O. The van der Waals surface area contributed by atoms with Crippen LogP contribution in [0.15, 0.2) is 0 Å². The number of ether oxygens (including phenoxy) is 1. The summed E-state index contributed by atoms with van der Waals surface area (Å²) in [6, 6.07) is 0. The fourth-order valence-corrected chi connectivity index (χ4v) is 15.3. The highest BCUT2D eigenvalue weighted by molar-refractivity contribution is 7.84. The van der Waals surface area contributed by atoms with E-state index in [4.69, 9.17) is 11.0 Å². The highest BCUT2D eigenvalue weighted by atomic mass is 31.2. The maximum atomic E-state index is 10.5. The second kappa shape index (κ2) is 9.98. The quantitative estimate of drug-likeness (QED) is 0.374. The van der Waals surface area contributed by atoms with Crippen LogP contribution in [-0.2, 0) is 4.74 Å². The Balaban J connectivity index is 2.82. The largest absolute Gasteiger partial charge is 0.388 e. The van der Waals surface area contributed by atoms with Crippen LogP contribution in [0.5, 0.6) is 0 Å². The highest BCUT2D eigenvalue weighted by Crippen LogP contribution is 2.59. The number of rotatable bonds is 11. The number of aliphatic hydroxyl groups is 2. The van der Waals surface area contributed by atoms with E-state index in [0.717, 1.165) is 12.1 Å². The van der Waals surface area contributed by atoms with Gasteiger partial charge in [-0.3, -0.25) is 0 Å². The maximum absolute atomic E-state index is 10.5. The molecule has 0 aliphatic heterocycles. The van der Waals surface area contributed by atoms with Crippen LogP contribution in [0.3, 0.4) is 0 Å². The molecule has 0 heterocycles. The minimum atomic E-state index is -1.29. The van der Waals surface area contributed by atoms with Gasteiger partial charge in [0.15, 0.2) is 0 Å². The van der Waals surface area contributed by atoms with Crippen molar-refractivity contribution in [1.29, 1.82) is 0 Å². The predicted octanol–water partition coefficient (Wildman–Crippen LogP) is 3.61. The Hall–Kier alpha value is 0.845. The summed E-state index contributed by atoms with van der Waals surface area (Å²) in [7, 11) is 0.916. The first-order chi connectivity index (χ1) is 12.7. The van der Waals surface area contributed by atoms with Crippen molar-refractivity contribution in [2.24, 2.45) is 0 Å². The van der Waals surface area contributed by atoms with Crippen LogP contribution in [0.2, 0.25) is 5.82 Å². The fourth-order valence-electron chi connectivity index (χ4n) is 3.87. The minimum absolute atomic E-state index is 0.0242. The molecule has 0 radical (unpaired) electrons. The minimum Gasteiger partial charge on any atom is -0.388 e. The van der Waals surface area contributed by atoms with Gasteiger partial charge < -0.3 is 14.9 Å². The average molecular weight is 450 g/mol. The van der Waals surface area contributed by atoms with Gasteiger partial charge in [-0.1, -0.05) is 28.3 Å². The molecular formula is C21H46BO3P3. The first-order valence-corrected chi connectivity index (χ1v) is 17.8. The number of aliphatic hydroxyl groups excluding tert-OH is 1. The van der Waals surface area contributed by atoms with E-state index in [1.165, 1.54) is 24.6 Å². The van der Waals surface area contributed by atoms with E-state index in [2.05, 4.69) is 47.2 Å². The van der Waals surface area contributed by atoms with Crippen LogP contribution in [0.1, 0.15) is 48.0 Å². The molecule has 1 aliphatic carbocycles. The van der Waals surface area contributed by atoms with E-state index in [-0.39, 0.29) is 17.3 Å². The van der Waals surface area contributed by atoms with Gasteiger partial charge in [-0.2, -0.15) is 0 Å². The van der Waals surface area contributed by atoms with Crippen molar-refractivity contribution >= 4 is 48.1 Å². The third kappa shape index (κ3) is 6.42. The smallest absolute Gasteiger partial charge is 0.109 e. The Labute approximate surface area is 176 Å². The van der Waals surface area contributed by atoms with Crippen LogP contribution in [0.25, 0.3) is 0 Å². The molecule has 0 aromatic heterocycles. The Bertz CT molecular complexity index is 637. The Kier molecular flexibility index (Phi) is 9.58. The molecule has 1 fully saturated rings. The van der Waals surface area contributed by atoms with Gasteiger partial charge in [0.1, 0.15) is 14.0 Å². The molecule has 0 aromatic rings. The first-order valence-electron chi connectivity index (χ1n) is 10.8. The molecule has 28 heavy (non-hydrogen) atoms. The molecule has 2 N–H and O–H groups in total. The molecule has 0 saturated heterocycles. The van der Waals surface area contributed by atoms with Gasteiger partial charge in [-0.05, 0) is 69.7 Å². The van der Waals surface area contributed by atoms with Crippen molar-refractivity contribution in [3.63, 3.8) is 0 Å².